The molecule has 1 fully saturated rings. The van der Waals surface area contributed by atoms with E-state index in [1.54, 1.807) is 0 Å². The molecule has 19 heavy (non-hydrogen) atoms. The van der Waals surface area contributed by atoms with Gasteiger partial charge in [-0.2, -0.15) is 0 Å². The Morgan fingerprint density at radius 2 is 2.21 bits per heavy atom. The number of thiophene rings is 1. The molecule has 1 atom stereocenters. The highest BCUT2D eigenvalue weighted by Gasteiger charge is 2.21. The van der Waals surface area contributed by atoms with Crippen LogP contribution in [0.2, 0.25) is 0 Å². The summed E-state index contributed by atoms with van der Waals surface area (Å²) in [4.78, 5) is 1.48. The van der Waals surface area contributed by atoms with Crippen LogP contribution in [0.4, 0.5) is 0 Å². The Bertz CT molecular complexity index is 368. The van der Waals surface area contributed by atoms with Crippen molar-refractivity contribution in [1.29, 1.82) is 0 Å². The van der Waals surface area contributed by atoms with E-state index >= 15 is 0 Å². The van der Waals surface area contributed by atoms with Crippen LogP contribution in [0.1, 0.15) is 49.1 Å². The van der Waals surface area contributed by atoms with Crippen molar-refractivity contribution < 1.29 is 4.74 Å². The Labute approximate surface area is 129 Å². The van der Waals surface area contributed by atoms with E-state index in [1.165, 1.54) is 39.9 Å². The number of halogens is 1. The van der Waals surface area contributed by atoms with Gasteiger partial charge in [-0.1, -0.05) is 6.92 Å². The van der Waals surface area contributed by atoms with Crippen molar-refractivity contribution in [2.45, 2.75) is 45.6 Å². The zero-order valence-electron chi connectivity index (χ0n) is 11.9. The van der Waals surface area contributed by atoms with Gasteiger partial charge in [-0.3, -0.25) is 0 Å². The summed E-state index contributed by atoms with van der Waals surface area (Å²) in [5.41, 5.74) is 1.36. The van der Waals surface area contributed by atoms with E-state index < -0.39 is 0 Å². The SMILES string of the molecule is CCCNC(CC1CCOCC1)c1cc(C)c(Br)s1. The maximum atomic E-state index is 5.47. The van der Waals surface area contributed by atoms with Gasteiger partial charge in [0, 0.05) is 24.1 Å². The fraction of sp³-hybridized carbons (Fsp3) is 0.733. The summed E-state index contributed by atoms with van der Waals surface area (Å²) in [5, 5.41) is 3.72. The minimum atomic E-state index is 0.512. The van der Waals surface area contributed by atoms with Gasteiger partial charge in [-0.05, 0) is 72.6 Å². The van der Waals surface area contributed by atoms with E-state index in [2.05, 4.69) is 41.2 Å². The van der Waals surface area contributed by atoms with Gasteiger partial charge in [-0.25, -0.2) is 0 Å². The molecular formula is C15H24BrNOS. The van der Waals surface area contributed by atoms with E-state index in [9.17, 15) is 0 Å². The molecule has 1 aliphatic heterocycles. The summed E-state index contributed by atoms with van der Waals surface area (Å²) >= 11 is 5.53. The molecule has 1 N–H and O–H groups in total. The van der Waals surface area contributed by atoms with Gasteiger partial charge in [0.1, 0.15) is 0 Å². The van der Waals surface area contributed by atoms with Gasteiger partial charge in [0.25, 0.3) is 0 Å². The van der Waals surface area contributed by atoms with Gasteiger partial charge in [0.05, 0.1) is 3.79 Å². The first-order chi connectivity index (χ1) is 9.20. The Hall–Kier alpha value is 0.1000. The monoisotopic (exact) mass is 345 g/mol. The molecule has 0 aromatic carbocycles. The second-order valence-electron chi connectivity index (χ2n) is 5.40. The molecule has 1 unspecified atom stereocenters. The lowest BCUT2D eigenvalue weighted by atomic mass is 9.91. The standard InChI is InChI=1S/C15H24BrNOS/c1-3-6-17-13(10-12-4-7-18-8-5-12)14-9-11(2)15(16)19-14/h9,12-13,17H,3-8,10H2,1-2H3. The molecule has 0 radical (unpaired) electrons. The molecule has 1 saturated heterocycles. The molecule has 0 saturated carbocycles. The van der Waals surface area contributed by atoms with Crippen molar-refractivity contribution >= 4 is 27.3 Å². The number of nitrogens with one attached hydrogen (secondary N) is 1. The molecule has 4 heteroatoms. The van der Waals surface area contributed by atoms with Crippen molar-refractivity contribution in [2.75, 3.05) is 19.8 Å². The van der Waals surface area contributed by atoms with Crippen LogP contribution in [0, 0.1) is 12.8 Å². The van der Waals surface area contributed by atoms with E-state index in [0.29, 0.717) is 6.04 Å². The first-order valence-electron chi connectivity index (χ1n) is 7.27. The van der Waals surface area contributed by atoms with Crippen molar-refractivity contribution in [3.8, 4) is 0 Å². The van der Waals surface area contributed by atoms with E-state index in [4.69, 9.17) is 4.74 Å². The van der Waals surface area contributed by atoms with Crippen LogP contribution < -0.4 is 5.32 Å². The summed E-state index contributed by atoms with van der Waals surface area (Å²) in [6, 6.07) is 2.85. The summed E-state index contributed by atoms with van der Waals surface area (Å²) in [5.74, 6) is 0.810. The van der Waals surface area contributed by atoms with E-state index in [1.807, 2.05) is 11.3 Å². The average molecular weight is 346 g/mol. The molecule has 2 nitrogen and oxygen atoms in total. The van der Waals surface area contributed by atoms with Gasteiger partial charge in [-0.15, -0.1) is 11.3 Å². The third-order valence-corrected chi connectivity index (χ3v) is 6.02. The molecular weight excluding hydrogens is 322 g/mol. The normalized spacial score (nSPS) is 18.7. The largest absolute Gasteiger partial charge is 0.381 e. The van der Waals surface area contributed by atoms with Crippen molar-refractivity contribution in [2.24, 2.45) is 5.92 Å². The summed E-state index contributed by atoms with van der Waals surface area (Å²) < 4.78 is 6.74. The first-order valence-corrected chi connectivity index (χ1v) is 8.88. The highest BCUT2D eigenvalue weighted by Crippen LogP contribution is 2.35. The van der Waals surface area contributed by atoms with Gasteiger partial charge < -0.3 is 10.1 Å². The van der Waals surface area contributed by atoms with Crippen LogP contribution >= 0.6 is 27.3 Å². The lowest BCUT2D eigenvalue weighted by Crippen LogP contribution is -2.26. The average Bonchev–Trinajstić information content (AvgIpc) is 2.76. The molecule has 108 valence electrons. The smallest absolute Gasteiger partial charge is 0.0731 e. The highest BCUT2D eigenvalue weighted by atomic mass is 79.9. The van der Waals surface area contributed by atoms with Crippen LogP contribution in [0.5, 0.6) is 0 Å². The molecule has 2 heterocycles. The van der Waals surface area contributed by atoms with Crippen LogP contribution in [-0.2, 0) is 4.74 Å². The maximum Gasteiger partial charge on any atom is 0.0731 e. The summed E-state index contributed by atoms with van der Waals surface area (Å²) in [6.07, 6.45) is 4.87. The minimum Gasteiger partial charge on any atom is -0.381 e. The number of hydrogen-bond acceptors (Lipinski definition) is 3. The lowest BCUT2D eigenvalue weighted by Gasteiger charge is -2.27. The molecule has 0 spiro atoms. The Balaban J connectivity index is 2.01. The van der Waals surface area contributed by atoms with Crippen LogP contribution in [0.3, 0.4) is 0 Å². The number of hydrogen-bond donors (Lipinski definition) is 1. The Kier molecular flexibility index (Phi) is 6.33. The van der Waals surface area contributed by atoms with Crippen molar-refractivity contribution in [3.05, 3.63) is 20.3 Å². The van der Waals surface area contributed by atoms with E-state index in [0.717, 1.165) is 25.7 Å². The third-order valence-electron chi connectivity index (χ3n) is 3.77. The zero-order chi connectivity index (χ0) is 13.7. The number of ether oxygens (including phenoxy) is 1. The molecule has 0 bridgehead atoms. The summed E-state index contributed by atoms with van der Waals surface area (Å²) in [6.45, 7) is 7.39. The Morgan fingerprint density at radius 3 is 2.79 bits per heavy atom. The molecule has 0 amide bonds. The number of aryl methyl sites for hydroxylation is 1. The van der Waals surface area contributed by atoms with Crippen molar-refractivity contribution in [1.82, 2.24) is 5.32 Å². The molecule has 1 aromatic rings. The predicted molar refractivity (Wildman–Crippen MR) is 86.0 cm³/mol. The molecule has 1 aliphatic rings. The Morgan fingerprint density at radius 1 is 1.47 bits per heavy atom. The van der Waals surface area contributed by atoms with Crippen LogP contribution in [-0.4, -0.2) is 19.8 Å². The van der Waals surface area contributed by atoms with E-state index in [-0.39, 0.29) is 0 Å². The van der Waals surface area contributed by atoms with Gasteiger partial charge in [0.15, 0.2) is 0 Å². The lowest BCUT2D eigenvalue weighted by molar-refractivity contribution is 0.0606. The summed E-state index contributed by atoms with van der Waals surface area (Å²) in [7, 11) is 0. The fourth-order valence-electron chi connectivity index (χ4n) is 2.59. The molecule has 2 rings (SSSR count). The first kappa shape index (κ1) is 15.5. The minimum absolute atomic E-state index is 0.512. The maximum absolute atomic E-state index is 5.47. The molecule has 1 aromatic heterocycles. The third kappa shape index (κ3) is 4.55. The predicted octanol–water partition coefficient (Wildman–Crippen LogP) is 4.68. The quantitative estimate of drug-likeness (QED) is 0.808. The fourth-order valence-corrected chi connectivity index (χ4v) is 4.25. The van der Waals surface area contributed by atoms with Gasteiger partial charge >= 0.3 is 0 Å². The molecule has 0 aliphatic carbocycles. The number of rotatable bonds is 6. The van der Waals surface area contributed by atoms with Crippen LogP contribution in [0.15, 0.2) is 9.85 Å². The zero-order valence-corrected chi connectivity index (χ0v) is 14.3. The second kappa shape index (κ2) is 7.77. The topological polar surface area (TPSA) is 21.3 Å². The van der Waals surface area contributed by atoms with Gasteiger partial charge in [0.2, 0.25) is 0 Å². The highest BCUT2D eigenvalue weighted by molar-refractivity contribution is 9.11. The second-order valence-corrected chi connectivity index (χ2v) is 7.81. The van der Waals surface area contributed by atoms with Crippen LogP contribution in [0.25, 0.3) is 0 Å². The van der Waals surface area contributed by atoms with Crippen molar-refractivity contribution in [3.63, 3.8) is 0 Å².